The Hall–Kier alpha value is -2.49. The van der Waals surface area contributed by atoms with Crippen LogP contribution in [0.3, 0.4) is 0 Å². The molecule has 3 N–H and O–H groups in total. The molecule has 0 atom stereocenters. The van der Waals surface area contributed by atoms with Gasteiger partial charge < -0.3 is 15.3 Å². The zero-order valence-electron chi connectivity index (χ0n) is 19.7. The van der Waals surface area contributed by atoms with Gasteiger partial charge in [0.1, 0.15) is 5.75 Å². The minimum Gasteiger partial charge on any atom is -0.508 e. The zero-order chi connectivity index (χ0) is 23.2. The maximum absolute atomic E-state index is 10.9. The van der Waals surface area contributed by atoms with Crippen LogP contribution in [0.2, 0.25) is 0 Å². The monoisotopic (exact) mass is 428 g/mol. The van der Waals surface area contributed by atoms with Gasteiger partial charge >= 0.3 is 6.16 Å². The van der Waals surface area contributed by atoms with Crippen molar-refractivity contribution in [3.8, 4) is 16.9 Å². The summed E-state index contributed by atoms with van der Waals surface area (Å²) in [7, 11) is 0. The maximum atomic E-state index is 10.9. The molecule has 0 saturated heterocycles. The van der Waals surface area contributed by atoms with E-state index >= 15 is 0 Å². The van der Waals surface area contributed by atoms with Gasteiger partial charge in [0.15, 0.2) is 0 Å². The van der Waals surface area contributed by atoms with Gasteiger partial charge in [0, 0.05) is 0 Å². The van der Waals surface area contributed by atoms with E-state index in [1.165, 1.54) is 52.6 Å². The number of rotatable bonds is 11. The predicted octanol–water partition coefficient (Wildman–Crippen LogP) is 7.87. The highest BCUT2D eigenvalue weighted by Gasteiger charge is 2.19. The third-order valence-electron chi connectivity index (χ3n) is 5.50. The second kappa shape index (κ2) is 14.5. The molecule has 0 aliphatic heterocycles. The van der Waals surface area contributed by atoms with Gasteiger partial charge in [-0.25, -0.2) is 4.79 Å². The van der Waals surface area contributed by atoms with E-state index in [1.54, 1.807) is 0 Å². The lowest BCUT2D eigenvalue weighted by Crippen LogP contribution is -2.05. The average Bonchev–Trinajstić information content (AvgIpc) is 2.73. The summed E-state index contributed by atoms with van der Waals surface area (Å²) in [6.07, 6.45) is 9.49. The molecule has 4 heteroatoms. The first-order valence-electron chi connectivity index (χ1n) is 11.8. The molecule has 0 bridgehead atoms. The molecule has 0 fully saturated rings. The number of benzene rings is 2. The van der Waals surface area contributed by atoms with E-state index < -0.39 is 6.16 Å². The van der Waals surface area contributed by atoms with Crippen LogP contribution in [0.25, 0.3) is 11.1 Å². The fraction of sp³-hybridized carbons (Fsp3) is 0.519. The van der Waals surface area contributed by atoms with Crippen LogP contribution in [-0.2, 0) is 25.7 Å². The highest BCUT2D eigenvalue weighted by Crippen LogP contribution is 2.38. The van der Waals surface area contributed by atoms with Crippen molar-refractivity contribution in [3.05, 3.63) is 52.6 Å². The fourth-order valence-electron chi connectivity index (χ4n) is 4.23. The Morgan fingerprint density at radius 3 is 1.84 bits per heavy atom. The van der Waals surface area contributed by atoms with Crippen molar-refractivity contribution in [3.63, 3.8) is 0 Å². The van der Waals surface area contributed by atoms with Crippen molar-refractivity contribution >= 4 is 6.16 Å². The first-order valence-corrected chi connectivity index (χ1v) is 11.8. The van der Waals surface area contributed by atoms with Crippen molar-refractivity contribution in [1.82, 2.24) is 0 Å². The lowest BCUT2D eigenvalue weighted by Gasteiger charge is -2.22. The normalized spacial score (nSPS) is 10.5. The quantitative estimate of drug-likeness (QED) is 0.318. The van der Waals surface area contributed by atoms with Gasteiger partial charge in [-0.2, -0.15) is 0 Å². The van der Waals surface area contributed by atoms with Crippen molar-refractivity contribution in [1.29, 1.82) is 0 Å². The molecular weight excluding hydrogens is 388 g/mol. The summed E-state index contributed by atoms with van der Waals surface area (Å²) in [5.74, 6) is 0.499. The molecule has 0 amide bonds. The van der Waals surface area contributed by atoms with E-state index in [0.29, 0.717) is 5.75 Å². The molecular formula is C27H40O4. The molecule has 0 spiro atoms. The maximum Gasteiger partial charge on any atom is 0.503 e. The molecule has 0 aromatic heterocycles. The minimum atomic E-state index is -1.83. The molecule has 31 heavy (non-hydrogen) atoms. The molecule has 0 aliphatic carbocycles. The standard InChI is InChI=1S/C26H38O.CH2O3/c1-5-9-10-16-20-17-11-12-18-21(20)25-19-26(27)24(15-8-4)22(13-6-2)23(25)14-7-3;2-1(3)4/h11-12,17-19,27H,5-10,13-16H2,1-4H3;(H2,2,3,4). The van der Waals surface area contributed by atoms with E-state index in [1.807, 2.05) is 0 Å². The third-order valence-corrected chi connectivity index (χ3v) is 5.50. The summed E-state index contributed by atoms with van der Waals surface area (Å²) in [5, 5.41) is 24.8. The first kappa shape index (κ1) is 26.5. The summed E-state index contributed by atoms with van der Waals surface area (Å²) in [5.41, 5.74) is 8.10. The molecule has 4 nitrogen and oxygen atoms in total. The summed E-state index contributed by atoms with van der Waals surface area (Å²) < 4.78 is 0. The van der Waals surface area contributed by atoms with E-state index in [9.17, 15) is 5.11 Å². The molecule has 2 rings (SSSR count). The lowest BCUT2D eigenvalue weighted by molar-refractivity contribution is 0.137. The summed E-state index contributed by atoms with van der Waals surface area (Å²) in [4.78, 5) is 8.56. The molecule has 0 unspecified atom stereocenters. The molecule has 2 aromatic carbocycles. The van der Waals surface area contributed by atoms with Gasteiger partial charge in [-0.05, 0) is 71.6 Å². The largest absolute Gasteiger partial charge is 0.508 e. The Kier molecular flexibility index (Phi) is 12.4. The van der Waals surface area contributed by atoms with Crippen molar-refractivity contribution in [2.75, 3.05) is 0 Å². The number of carbonyl (C=O) groups is 1. The predicted molar refractivity (Wildman–Crippen MR) is 129 cm³/mol. The van der Waals surface area contributed by atoms with Crippen LogP contribution in [0.1, 0.15) is 88.5 Å². The number of phenols is 1. The second-order valence-corrected chi connectivity index (χ2v) is 8.03. The van der Waals surface area contributed by atoms with Crippen LogP contribution in [0, 0.1) is 0 Å². The van der Waals surface area contributed by atoms with Crippen LogP contribution in [0.5, 0.6) is 5.75 Å². The highest BCUT2D eigenvalue weighted by molar-refractivity contribution is 5.75. The van der Waals surface area contributed by atoms with Crippen LogP contribution in [0.15, 0.2) is 30.3 Å². The Balaban J connectivity index is 0.00000110. The van der Waals surface area contributed by atoms with Gasteiger partial charge in [0.25, 0.3) is 0 Å². The smallest absolute Gasteiger partial charge is 0.503 e. The SMILES string of the molecule is CCCCCc1ccccc1-c1cc(O)c(CCC)c(CCC)c1CCC.O=C(O)O. The second-order valence-electron chi connectivity index (χ2n) is 8.03. The number of unbranched alkanes of at least 4 members (excludes halogenated alkanes) is 2. The number of carboxylic acid groups (broad SMARTS) is 2. The minimum absolute atomic E-state index is 0.499. The van der Waals surface area contributed by atoms with Crippen molar-refractivity contribution in [2.45, 2.75) is 91.9 Å². The fourth-order valence-corrected chi connectivity index (χ4v) is 4.23. The molecule has 0 radical (unpaired) electrons. The first-order chi connectivity index (χ1) is 14.9. The Labute approximate surface area is 188 Å². The number of aryl methyl sites for hydroxylation is 1. The van der Waals surface area contributed by atoms with E-state index in [4.69, 9.17) is 15.0 Å². The van der Waals surface area contributed by atoms with Crippen LogP contribution in [-0.4, -0.2) is 21.5 Å². The summed E-state index contributed by atoms with van der Waals surface area (Å²) in [6, 6.07) is 10.9. The average molecular weight is 429 g/mol. The van der Waals surface area contributed by atoms with Crippen molar-refractivity contribution in [2.24, 2.45) is 0 Å². The van der Waals surface area contributed by atoms with E-state index in [-0.39, 0.29) is 0 Å². The number of phenolic OH excluding ortho intramolecular Hbond substituents is 1. The molecule has 2 aromatic rings. The van der Waals surface area contributed by atoms with Gasteiger partial charge in [-0.1, -0.05) is 84.1 Å². The molecule has 0 saturated carbocycles. The van der Waals surface area contributed by atoms with Crippen LogP contribution in [0.4, 0.5) is 4.79 Å². The van der Waals surface area contributed by atoms with E-state index in [0.717, 1.165) is 44.9 Å². The zero-order valence-corrected chi connectivity index (χ0v) is 19.7. The van der Waals surface area contributed by atoms with Gasteiger partial charge in [0.2, 0.25) is 0 Å². The van der Waals surface area contributed by atoms with Gasteiger partial charge in [0.05, 0.1) is 0 Å². The van der Waals surface area contributed by atoms with Crippen molar-refractivity contribution < 1.29 is 20.1 Å². The number of hydrogen-bond donors (Lipinski definition) is 3. The van der Waals surface area contributed by atoms with Crippen LogP contribution < -0.4 is 0 Å². The summed E-state index contributed by atoms with van der Waals surface area (Å²) in [6.45, 7) is 8.96. The summed E-state index contributed by atoms with van der Waals surface area (Å²) >= 11 is 0. The Morgan fingerprint density at radius 2 is 1.26 bits per heavy atom. The molecule has 0 heterocycles. The van der Waals surface area contributed by atoms with Gasteiger partial charge in [-0.3, -0.25) is 0 Å². The third kappa shape index (κ3) is 8.28. The highest BCUT2D eigenvalue weighted by atomic mass is 16.6. The number of hydrogen-bond acceptors (Lipinski definition) is 2. The van der Waals surface area contributed by atoms with Crippen LogP contribution >= 0.6 is 0 Å². The molecule has 0 aliphatic rings. The lowest BCUT2D eigenvalue weighted by atomic mass is 9.84. The Morgan fingerprint density at radius 1 is 0.710 bits per heavy atom. The van der Waals surface area contributed by atoms with E-state index in [2.05, 4.69) is 58.0 Å². The molecule has 172 valence electrons. The number of aromatic hydroxyl groups is 1. The Bertz CT molecular complexity index is 807. The topological polar surface area (TPSA) is 77.8 Å². The van der Waals surface area contributed by atoms with Gasteiger partial charge in [-0.15, -0.1) is 0 Å².